The summed E-state index contributed by atoms with van der Waals surface area (Å²) in [5, 5.41) is 4.57. The second-order valence-corrected chi connectivity index (χ2v) is 6.25. The normalized spacial score (nSPS) is 16.1. The maximum Gasteiger partial charge on any atom is 0.416 e. The van der Waals surface area contributed by atoms with E-state index >= 15 is 0 Å². The summed E-state index contributed by atoms with van der Waals surface area (Å²) < 4.78 is 43.9. The molecule has 1 aliphatic rings. The third kappa shape index (κ3) is 4.33. The first-order valence-electron chi connectivity index (χ1n) is 7.96. The third-order valence-electron chi connectivity index (χ3n) is 4.01. The van der Waals surface area contributed by atoms with Crippen molar-refractivity contribution in [2.45, 2.75) is 18.6 Å². The molecule has 0 bridgehead atoms. The lowest BCUT2D eigenvalue weighted by molar-refractivity contribution is -0.137. The van der Waals surface area contributed by atoms with Gasteiger partial charge in [-0.2, -0.15) is 13.2 Å². The molecule has 27 heavy (non-hydrogen) atoms. The Morgan fingerprint density at radius 1 is 1.11 bits per heavy atom. The largest absolute Gasteiger partial charge is 0.493 e. The molecule has 0 saturated heterocycles. The van der Waals surface area contributed by atoms with E-state index < -0.39 is 29.6 Å². The van der Waals surface area contributed by atoms with Crippen molar-refractivity contribution in [3.05, 3.63) is 58.6 Å². The van der Waals surface area contributed by atoms with Crippen LogP contribution in [-0.4, -0.2) is 18.4 Å². The van der Waals surface area contributed by atoms with Crippen LogP contribution in [0.5, 0.6) is 5.75 Å². The number of nitrogens with one attached hydrogen (secondary N) is 2. The van der Waals surface area contributed by atoms with Gasteiger partial charge in [-0.05, 0) is 24.3 Å². The van der Waals surface area contributed by atoms with Crippen molar-refractivity contribution >= 4 is 29.1 Å². The van der Waals surface area contributed by atoms with Crippen molar-refractivity contribution in [3.63, 3.8) is 0 Å². The van der Waals surface area contributed by atoms with Crippen LogP contribution in [0.4, 0.5) is 18.9 Å². The predicted octanol–water partition coefficient (Wildman–Crippen LogP) is 3.94. The summed E-state index contributed by atoms with van der Waals surface area (Å²) in [6.45, 7) is 0.364. The maximum atomic E-state index is 12.8. The van der Waals surface area contributed by atoms with E-state index in [9.17, 15) is 22.8 Å². The van der Waals surface area contributed by atoms with Gasteiger partial charge in [-0.15, -0.1) is 0 Å². The van der Waals surface area contributed by atoms with Gasteiger partial charge >= 0.3 is 18.0 Å². The van der Waals surface area contributed by atoms with Gasteiger partial charge in [0.15, 0.2) is 0 Å². The van der Waals surface area contributed by atoms with Gasteiger partial charge in [0.05, 0.1) is 28.9 Å². The van der Waals surface area contributed by atoms with Gasteiger partial charge in [-0.25, -0.2) is 0 Å². The highest BCUT2D eigenvalue weighted by Gasteiger charge is 2.31. The number of carbonyl (C=O) groups is 2. The Morgan fingerprint density at radius 3 is 2.59 bits per heavy atom. The lowest BCUT2D eigenvalue weighted by Crippen LogP contribution is -2.39. The minimum Gasteiger partial charge on any atom is -0.493 e. The smallest absolute Gasteiger partial charge is 0.416 e. The number of carbonyl (C=O) groups excluding carboxylic acids is 2. The lowest BCUT2D eigenvalue weighted by Gasteiger charge is -2.26. The van der Waals surface area contributed by atoms with Gasteiger partial charge in [0, 0.05) is 12.0 Å². The number of alkyl halides is 3. The molecule has 1 atom stereocenters. The van der Waals surface area contributed by atoms with Crippen molar-refractivity contribution in [1.82, 2.24) is 5.32 Å². The molecule has 0 aliphatic carbocycles. The van der Waals surface area contributed by atoms with Gasteiger partial charge in [-0.1, -0.05) is 29.8 Å². The van der Waals surface area contributed by atoms with E-state index in [4.69, 9.17) is 16.3 Å². The van der Waals surface area contributed by atoms with E-state index in [2.05, 4.69) is 10.6 Å². The molecule has 0 fully saturated rings. The number of halogens is 4. The second-order valence-electron chi connectivity index (χ2n) is 5.85. The number of hydrogen-bond donors (Lipinski definition) is 2. The average Bonchev–Trinajstić information content (AvgIpc) is 2.62. The zero-order valence-corrected chi connectivity index (χ0v) is 14.5. The molecule has 0 saturated carbocycles. The molecule has 0 aromatic heterocycles. The van der Waals surface area contributed by atoms with Crippen LogP contribution in [0.15, 0.2) is 42.5 Å². The number of fused-ring (bicyclic) bond motifs is 1. The number of ether oxygens (including phenoxy) is 1. The van der Waals surface area contributed by atoms with Crippen LogP contribution in [0.1, 0.15) is 23.6 Å². The van der Waals surface area contributed by atoms with Crippen LogP contribution in [-0.2, 0) is 15.8 Å². The second kappa shape index (κ2) is 7.48. The number of benzene rings is 2. The standard InChI is InChI=1S/C18H14ClF3N2O3/c19-12-6-5-10(18(20,21)22)9-14(12)24-17(26)16(25)23-13-7-8-27-15-4-2-1-3-11(13)15/h1-6,9,13H,7-8H2,(H,23,25)(H,24,26). The molecule has 1 unspecified atom stereocenters. The highest BCUT2D eigenvalue weighted by Crippen LogP contribution is 2.34. The Kier molecular flexibility index (Phi) is 5.27. The van der Waals surface area contributed by atoms with Gasteiger partial charge < -0.3 is 15.4 Å². The summed E-state index contributed by atoms with van der Waals surface area (Å²) in [6.07, 6.45) is -4.14. The summed E-state index contributed by atoms with van der Waals surface area (Å²) in [5.41, 5.74) is -0.554. The number of amides is 2. The third-order valence-corrected chi connectivity index (χ3v) is 4.34. The van der Waals surface area contributed by atoms with E-state index in [1.165, 1.54) is 0 Å². The topological polar surface area (TPSA) is 67.4 Å². The van der Waals surface area contributed by atoms with Gasteiger partial charge in [-0.3, -0.25) is 9.59 Å². The SMILES string of the molecule is O=C(Nc1cc(C(F)(F)F)ccc1Cl)C(=O)NC1CCOc2ccccc21. The minimum absolute atomic E-state index is 0.111. The van der Waals surface area contributed by atoms with E-state index in [0.717, 1.165) is 17.7 Å². The Morgan fingerprint density at radius 2 is 1.85 bits per heavy atom. The molecular weight excluding hydrogens is 385 g/mol. The Balaban J connectivity index is 1.72. The van der Waals surface area contributed by atoms with Crippen molar-refractivity contribution in [2.24, 2.45) is 0 Å². The van der Waals surface area contributed by atoms with Crippen molar-refractivity contribution in [3.8, 4) is 5.75 Å². The predicted molar refractivity (Wildman–Crippen MR) is 92.5 cm³/mol. The molecule has 1 aliphatic heterocycles. The number of para-hydroxylation sites is 1. The first-order valence-corrected chi connectivity index (χ1v) is 8.34. The lowest BCUT2D eigenvalue weighted by atomic mass is 10.0. The van der Waals surface area contributed by atoms with E-state index in [1.54, 1.807) is 24.3 Å². The van der Waals surface area contributed by atoms with Crippen LogP contribution >= 0.6 is 11.6 Å². The zero-order valence-electron chi connectivity index (χ0n) is 13.8. The fourth-order valence-electron chi connectivity index (χ4n) is 2.69. The fraction of sp³-hybridized carbons (Fsp3) is 0.222. The number of rotatable bonds is 2. The maximum absolute atomic E-state index is 12.8. The number of hydrogen-bond acceptors (Lipinski definition) is 3. The van der Waals surface area contributed by atoms with E-state index in [1.807, 2.05) is 0 Å². The molecule has 2 N–H and O–H groups in total. The first-order chi connectivity index (χ1) is 12.8. The van der Waals surface area contributed by atoms with Crippen LogP contribution < -0.4 is 15.4 Å². The number of anilines is 1. The minimum atomic E-state index is -4.60. The molecule has 9 heteroatoms. The Hall–Kier alpha value is -2.74. The molecular formula is C18H14ClF3N2O3. The highest BCUT2D eigenvalue weighted by molar-refractivity contribution is 6.41. The molecule has 0 spiro atoms. The molecule has 1 heterocycles. The zero-order chi connectivity index (χ0) is 19.6. The van der Waals surface area contributed by atoms with Crippen LogP contribution in [0, 0.1) is 0 Å². The Bertz CT molecular complexity index is 886. The molecule has 0 radical (unpaired) electrons. The summed E-state index contributed by atoms with van der Waals surface area (Å²) in [4.78, 5) is 24.3. The van der Waals surface area contributed by atoms with Crippen LogP contribution in [0.25, 0.3) is 0 Å². The van der Waals surface area contributed by atoms with Gasteiger partial charge in [0.1, 0.15) is 5.75 Å². The van der Waals surface area contributed by atoms with Crippen LogP contribution in [0.3, 0.4) is 0 Å². The van der Waals surface area contributed by atoms with E-state index in [0.29, 0.717) is 24.8 Å². The van der Waals surface area contributed by atoms with Crippen molar-refractivity contribution in [2.75, 3.05) is 11.9 Å². The monoisotopic (exact) mass is 398 g/mol. The average molecular weight is 399 g/mol. The quantitative estimate of drug-likeness (QED) is 0.753. The summed E-state index contributed by atoms with van der Waals surface area (Å²) in [5.74, 6) is -1.49. The molecule has 3 rings (SSSR count). The highest BCUT2D eigenvalue weighted by atomic mass is 35.5. The summed E-state index contributed by atoms with van der Waals surface area (Å²) >= 11 is 5.82. The summed E-state index contributed by atoms with van der Waals surface area (Å²) in [7, 11) is 0. The Labute approximate surface area is 157 Å². The molecule has 142 valence electrons. The molecule has 5 nitrogen and oxygen atoms in total. The van der Waals surface area contributed by atoms with Crippen molar-refractivity contribution < 1.29 is 27.5 Å². The molecule has 2 aromatic rings. The summed E-state index contributed by atoms with van der Waals surface area (Å²) in [6, 6.07) is 9.10. The van der Waals surface area contributed by atoms with E-state index in [-0.39, 0.29) is 10.7 Å². The van der Waals surface area contributed by atoms with Crippen LogP contribution in [0.2, 0.25) is 5.02 Å². The van der Waals surface area contributed by atoms with Gasteiger partial charge in [0.25, 0.3) is 0 Å². The fourth-order valence-corrected chi connectivity index (χ4v) is 2.86. The molecule has 2 amide bonds. The van der Waals surface area contributed by atoms with Crippen molar-refractivity contribution in [1.29, 1.82) is 0 Å². The molecule has 2 aromatic carbocycles. The first kappa shape index (κ1) is 19.0. The van der Waals surface area contributed by atoms with Gasteiger partial charge in [0.2, 0.25) is 0 Å².